The van der Waals surface area contributed by atoms with Crippen molar-refractivity contribution in [3.05, 3.63) is 64.1 Å². The monoisotopic (exact) mass is 379 g/mol. The van der Waals surface area contributed by atoms with Gasteiger partial charge in [-0.3, -0.25) is 9.59 Å². The van der Waals surface area contributed by atoms with Crippen molar-refractivity contribution in [2.24, 2.45) is 5.41 Å². The smallest absolute Gasteiger partial charge is 0.313 e. The third kappa shape index (κ3) is 4.53. The molecule has 0 bridgehead atoms. The lowest BCUT2D eigenvalue weighted by atomic mass is 9.92. The van der Waals surface area contributed by atoms with Gasteiger partial charge in [0, 0.05) is 17.8 Å². The second kappa shape index (κ2) is 7.89. The van der Waals surface area contributed by atoms with Crippen LogP contribution >= 0.6 is 23.2 Å². The number of rotatable bonds is 5. The number of esters is 1. The summed E-state index contributed by atoms with van der Waals surface area (Å²) in [6.45, 7) is 3.58. The molecule has 2 rings (SSSR count). The second-order valence-corrected chi connectivity index (χ2v) is 7.05. The topological polar surface area (TPSA) is 46.6 Å². The van der Waals surface area contributed by atoms with Gasteiger partial charge in [-0.1, -0.05) is 41.4 Å². The Morgan fingerprint density at radius 2 is 1.68 bits per heavy atom. The summed E-state index contributed by atoms with van der Waals surface area (Å²) < 4.78 is 4.86. The van der Waals surface area contributed by atoms with E-state index >= 15 is 0 Å². The summed E-state index contributed by atoms with van der Waals surface area (Å²) in [6, 6.07) is 13.8. The van der Waals surface area contributed by atoms with Gasteiger partial charge in [-0.15, -0.1) is 0 Å². The molecule has 0 heterocycles. The van der Waals surface area contributed by atoms with Crippen LogP contribution in [0.25, 0.3) is 0 Å². The van der Waals surface area contributed by atoms with E-state index in [4.69, 9.17) is 27.9 Å². The molecule has 0 aliphatic carbocycles. The summed E-state index contributed by atoms with van der Waals surface area (Å²) in [5, 5.41) is 0.727. The van der Waals surface area contributed by atoms with Gasteiger partial charge in [0.25, 0.3) is 5.91 Å². The number of anilines is 1. The second-order valence-electron chi connectivity index (χ2n) is 6.23. The van der Waals surface area contributed by atoms with Crippen LogP contribution in [0.1, 0.15) is 24.2 Å². The number of amides is 1. The van der Waals surface area contributed by atoms with Crippen LogP contribution in [-0.4, -0.2) is 25.5 Å². The molecule has 0 unspecified atom stereocenters. The molecule has 2 aromatic carbocycles. The van der Waals surface area contributed by atoms with Crippen LogP contribution < -0.4 is 4.90 Å². The van der Waals surface area contributed by atoms with Gasteiger partial charge in [-0.25, -0.2) is 0 Å². The lowest BCUT2D eigenvalue weighted by Gasteiger charge is -2.31. The fourth-order valence-corrected chi connectivity index (χ4v) is 2.70. The molecule has 2 aromatic rings. The Morgan fingerprint density at radius 1 is 1.04 bits per heavy atom. The standard InChI is InChI=1S/C19H19Cl2NO3/c1-19(2,18(24)25-3)12-22(14-9-10-15(20)16(21)11-14)17(23)13-7-5-4-6-8-13/h4-11H,12H2,1-3H3. The highest BCUT2D eigenvalue weighted by Gasteiger charge is 2.34. The number of ether oxygens (including phenoxy) is 1. The highest BCUT2D eigenvalue weighted by molar-refractivity contribution is 6.42. The lowest BCUT2D eigenvalue weighted by Crippen LogP contribution is -2.43. The first-order valence-corrected chi connectivity index (χ1v) is 8.42. The minimum absolute atomic E-state index is 0.130. The number of hydrogen-bond donors (Lipinski definition) is 0. The predicted octanol–water partition coefficient (Wildman–Crippen LogP) is 4.84. The van der Waals surface area contributed by atoms with E-state index in [9.17, 15) is 9.59 Å². The molecule has 1 amide bonds. The van der Waals surface area contributed by atoms with E-state index in [1.54, 1.807) is 56.3 Å². The molecule has 6 heteroatoms. The number of carbonyl (C=O) groups is 2. The van der Waals surface area contributed by atoms with Crippen molar-refractivity contribution in [2.75, 3.05) is 18.6 Å². The van der Waals surface area contributed by atoms with E-state index in [1.807, 2.05) is 6.07 Å². The van der Waals surface area contributed by atoms with Crippen LogP contribution in [0.2, 0.25) is 10.0 Å². The maximum atomic E-state index is 13.0. The molecule has 0 atom stereocenters. The number of hydrogen-bond acceptors (Lipinski definition) is 3. The van der Waals surface area contributed by atoms with Crippen LogP contribution in [-0.2, 0) is 9.53 Å². The molecule has 0 saturated heterocycles. The fraction of sp³-hybridized carbons (Fsp3) is 0.263. The molecular formula is C19H19Cl2NO3. The Bertz CT molecular complexity index is 775. The average molecular weight is 380 g/mol. The van der Waals surface area contributed by atoms with Gasteiger partial charge in [-0.2, -0.15) is 0 Å². The van der Waals surface area contributed by atoms with Gasteiger partial charge in [0.05, 0.1) is 22.6 Å². The maximum absolute atomic E-state index is 13.0. The summed E-state index contributed by atoms with van der Waals surface area (Å²) in [5.41, 5.74) is 0.167. The summed E-state index contributed by atoms with van der Waals surface area (Å²) in [6.07, 6.45) is 0. The minimum atomic E-state index is -0.898. The highest BCUT2D eigenvalue weighted by Crippen LogP contribution is 2.30. The Balaban J connectivity index is 2.46. The van der Waals surface area contributed by atoms with Crippen molar-refractivity contribution in [1.82, 2.24) is 0 Å². The summed E-state index contributed by atoms with van der Waals surface area (Å²) in [4.78, 5) is 26.6. The van der Waals surface area contributed by atoms with Crippen LogP contribution in [0.15, 0.2) is 48.5 Å². The van der Waals surface area contributed by atoms with E-state index in [-0.39, 0.29) is 12.5 Å². The van der Waals surface area contributed by atoms with Gasteiger partial charge >= 0.3 is 5.97 Å². The van der Waals surface area contributed by atoms with E-state index in [1.165, 1.54) is 12.0 Å². The first-order valence-electron chi connectivity index (χ1n) is 7.66. The molecule has 0 N–H and O–H groups in total. The summed E-state index contributed by atoms with van der Waals surface area (Å²) in [5.74, 6) is -0.644. The van der Waals surface area contributed by atoms with Crippen LogP contribution in [0, 0.1) is 5.41 Å². The predicted molar refractivity (Wildman–Crippen MR) is 100 cm³/mol. The zero-order valence-corrected chi connectivity index (χ0v) is 15.8. The normalized spacial score (nSPS) is 11.1. The van der Waals surface area contributed by atoms with Gasteiger partial charge < -0.3 is 9.64 Å². The van der Waals surface area contributed by atoms with Crippen molar-refractivity contribution in [2.45, 2.75) is 13.8 Å². The molecular weight excluding hydrogens is 361 g/mol. The van der Waals surface area contributed by atoms with Crippen molar-refractivity contribution in [3.8, 4) is 0 Å². The molecule has 0 aliphatic heterocycles. The Labute approximate surface area is 157 Å². The zero-order valence-electron chi connectivity index (χ0n) is 14.3. The van der Waals surface area contributed by atoms with Gasteiger partial charge in [0.2, 0.25) is 0 Å². The van der Waals surface area contributed by atoms with Gasteiger partial charge in [-0.05, 0) is 44.2 Å². The molecule has 25 heavy (non-hydrogen) atoms. The zero-order chi connectivity index (χ0) is 18.6. The summed E-state index contributed by atoms with van der Waals surface area (Å²) in [7, 11) is 1.33. The third-order valence-electron chi connectivity index (χ3n) is 3.77. The fourth-order valence-electron chi connectivity index (χ4n) is 2.41. The molecule has 0 saturated carbocycles. The lowest BCUT2D eigenvalue weighted by molar-refractivity contribution is -0.150. The number of nitrogens with zero attached hydrogens (tertiary/aromatic N) is 1. The van der Waals surface area contributed by atoms with Crippen molar-refractivity contribution < 1.29 is 14.3 Å². The largest absolute Gasteiger partial charge is 0.469 e. The van der Waals surface area contributed by atoms with Crippen molar-refractivity contribution in [3.63, 3.8) is 0 Å². The van der Waals surface area contributed by atoms with E-state index in [2.05, 4.69) is 0 Å². The van der Waals surface area contributed by atoms with E-state index in [0.717, 1.165) is 0 Å². The van der Waals surface area contributed by atoms with Gasteiger partial charge in [0.15, 0.2) is 0 Å². The van der Waals surface area contributed by atoms with Crippen molar-refractivity contribution in [1.29, 1.82) is 0 Å². The molecule has 132 valence electrons. The van der Waals surface area contributed by atoms with E-state index in [0.29, 0.717) is 21.3 Å². The van der Waals surface area contributed by atoms with Crippen LogP contribution in [0.3, 0.4) is 0 Å². The Morgan fingerprint density at radius 3 is 2.24 bits per heavy atom. The number of benzene rings is 2. The first-order chi connectivity index (χ1) is 11.8. The minimum Gasteiger partial charge on any atom is -0.469 e. The number of methoxy groups -OCH3 is 1. The number of carbonyl (C=O) groups excluding carboxylic acids is 2. The van der Waals surface area contributed by atoms with E-state index < -0.39 is 11.4 Å². The Hall–Kier alpha value is -2.04. The van der Waals surface area contributed by atoms with Crippen LogP contribution in [0.4, 0.5) is 5.69 Å². The average Bonchev–Trinajstić information content (AvgIpc) is 2.61. The SMILES string of the molecule is COC(=O)C(C)(C)CN(C(=O)c1ccccc1)c1ccc(Cl)c(Cl)c1. The Kier molecular flexibility index (Phi) is 6.09. The number of halogens is 2. The maximum Gasteiger partial charge on any atom is 0.313 e. The van der Waals surface area contributed by atoms with Crippen molar-refractivity contribution >= 4 is 40.8 Å². The molecule has 0 aliphatic rings. The first kappa shape index (κ1) is 19.3. The molecule has 0 spiro atoms. The molecule has 0 aromatic heterocycles. The quantitative estimate of drug-likeness (QED) is 0.698. The van der Waals surface area contributed by atoms with Crippen LogP contribution in [0.5, 0.6) is 0 Å². The summed E-state index contributed by atoms with van der Waals surface area (Å²) >= 11 is 12.1. The van der Waals surface area contributed by atoms with Gasteiger partial charge in [0.1, 0.15) is 0 Å². The molecule has 0 fully saturated rings. The highest BCUT2D eigenvalue weighted by atomic mass is 35.5. The molecule has 0 radical (unpaired) electrons. The molecule has 4 nitrogen and oxygen atoms in total. The third-order valence-corrected chi connectivity index (χ3v) is 4.51.